The molecule has 11 heteroatoms. The minimum Gasteiger partial charge on any atom is -0.478 e. The highest BCUT2D eigenvalue weighted by Gasteiger charge is 2.37. The van der Waals surface area contributed by atoms with E-state index in [-0.39, 0.29) is 10.6 Å². The summed E-state index contributed by atoms with van der Waals surface area (Å²) in [5, 5.41) is 13.7. The van der Waals surface area contributed by atoms with Crippen LogP contribution in [0.1, 0.15) is 31.8 Å². The molecule has 0 saturated heterocycles. The number of fused-ring (bicyclic) bond motifs is 1. The van der Waals surface area contributed by atoms with Crippen molar-refractivity contribution in [3.63, 3.8) is 0 Å². The van der Waals surface area contributed by atoms with Crippen molar-refractivity contribution in [1.29, 1.82) is 0 Å². The molecular weight excluding hydrogens is 503 g/mol. The number of nitrogens with one attached hydrogen (secondary N) is 1. The van der Waals surface area contributed by atoms with Gasteiger partial charge in [-0.15, -0.1) is 0 Å². The average molecular weight is 520 g/mol. The summed E-state index contributed by atoms with van der Waals surface area (Å²) < 4.78 is 45.1. The molecule has 0 unspecified atom stereocenters. The Balaban J connectivity index is 1.94. The van der Waals surface area contributed by atoms with Crippen LogP contribution >= 0.6 is 23.5 Å². The highest BCUT2D eigenvalue weighted by atomic mass is 35.5. The quantitative estimate of drug-likeness (QED) is 0.298. The van der Waals surface area contributed by atoms with E-state index in [4.69, 9.17) is 16.7 Å². The van der Waals surface area contributed by atoms with Gasteiger partial charge < -0.3 is 5.11 Å². The Labute approximate surface area is 206 Å². The summed E-state index contributed by atoms with van der Waals surface area (Å²) in [6.07, 6.45) is -2.96. The van der Waals surface area contributed by atoms with Crippen LogP contribution in [-0.4, -0.2) is 33.0 Å². The Morgan fingerprint density at radius 3 is 2.46 bits per heavy atom. The topological polar surface area (TPSA) is 84.2 Å². The third kappa shape index (κ3) is 4.90. The van der Waals surface area contributed by atoms with Gasteiger partial charge in [-0.1, -0.05) is 53.9 Å². The molecule has 4 aromatic rings. The van der Waals surface area contributed by atoms with Crippen molar-refractivity contribution in [3.05, 3.63) is 87.9 Å². The maximum atomic E-state index is 13.7. The lowest BCUT2D eigenvalue weighted by Crippen LogP contribution is -2.20. The number of alkyl halides is 3. The van der Waals surface area contributed by atoms with Gasteiger partial charge in [-0.3, -0.25) is 9.52 Å². The van der Waals surface area contributed by atoms with E-state index in [0.29, 0.717) is 28.7 Å². The van der Waals surface area contributed by atoms with Crippen molar-refractivity contribution in [1.82, 2.24) is 14.5 Å². The lowest BCUT2D eigenvalue weighted by Gasteiger charge is -2.13. The molecule has 4 rings (SSSR count). The normalized spacial score (nSPS) is 11.7. The molecule has 0 fully saturated rings. The Bertz CT molecular complexity index is 1440. The van der Waals surface area contributed by atoms with Gasteiger partial charge in [0.05, 0.1) is 27.2 Å². The van der Waals surface area contributed by atoms with Crippen LogP contribution in [0, 0.1) is 0 Å². The number of halogens is 4. The molecule has 6 nitrogen and oxygen atoms in total. The molecule has 0 aliphatic carbocycles. The molecule has 0 spiro atoms. The van der Waals surface area contributed by atoms with Crippen molar-refractivity contribution >= 4 is 46.3 Å². The van der Waals surface area contributed by atoms with Crippen LogP contribution < -0.4 is 4.72 Å². The molecule has 0 aliphatic heterocycles. The number of carboxylic acids is 1. The summed E-state index contributed by atoms with van der Waals surface area (Å²) in [7, 11) is 0. The van der Waals surface area contributed by atoms with Crippen LogP contribution in [0.4, 0.5) is 13.2 Å². The SMILES string of the molecule is CSNCc1ccc2c(-c3ccc(C(=O)O)cc3)nn(C(=O)c3c(Cl)cccc3C(F)(F)F)c2c1. The average Bonchev–Trinajstić information content (AvgIpc) is 3.20. The van der Waals surface area contributed by atoms with Gasteiger partial charge in [-0.2, -0.15) is 23.0 Å². The maximum Gasteiger partial charge on any atom is 0.417 e. The first-order chi connectivity index (χ1) is 16.6. The number of carboxylic acid groups (broad SMARTS) is 1. The van der Waals surface area contributed by atoms with Gasteiger partial charge in [-0.05, 0) is 42.2 Å². The highest BCUT2D eigenvalue weighted by molar-refractivity contribution is 7.96. The zero-order chi connectivity index (χ0) is 25.3. The monoisotopic (exact) mass is 519 g/mol. The minimum atomic E-state index is -4.80. The van der Waals surface area contributed by atoms with Gasteiger partial charge in [0.2, 0.25) is 0 Å². The van der Waals surface area contributed by atoms with E-state index in [9.17, 15) is 22.8 Å². The van der Waals surface area contributed by atoms with Crippen molar-refractivity contribution in [2.24, 2.45) is 0 Å². The minimum absolute atomic E-state index is 0.0601. The molecule has 3 aromatic carbocycles. The molecule has 35 heavy (non-hydrogen) atoms. The fourth-order valence-electron chi connectivity index (χ4n) is 3.65. The van der Waals surface area contributed by atoms with E-state index in [0.717, 1.165) is 22.4 Å². The van der Waals surface area contributed by atoms with E-state index in [1.165, 1.54) is 42.3 Å². The Kier molecular flexibility index (Phi) is 6.88. The van der Waals surface area contributed by atoms with Crippen LogP contribution in [-0.2, 0) is 12.7 Å². The molecule has 180 valence electrons. The van der Waals surface area contributed by atoms with Crippen molar-refractivity contribution < 1.29 is 27.9 Å². The molecule has 0 radical (unpaired) electrons. The van der Waals surface area contributed by atoms with Crippen molar-refractivity contribution in [3.8, 4) is 11.3 Å². The second-order valence-corrected chi connectivity index (χ2v) is 8.59. The molecule has 1 heterocycles. The number of aromatic carboxylic acids is 1. The smallest absolute Gasteiger partial charge is 0.417 e. The lowest BCUT2D eigenvalue weighted by molar-refractivity contribution is -0.137. The Hall–Kier alpha value is -3.34. The summed E-state index contributed by atoms with van der Waals surface area (Å²) in [4.78, 5) is 24.7. The third-order valence-corrected chi connectivity index (χ3v) is 6.04. The predicted octanol–water partition coefficient (Wildman–Crippen LogP) is 6.13. The van der Waals surface area contributed by atoms with E-state index >= 15 is 0 Å². The molecule has 0 saturated carbocycles. The first-order valence-electron chi connectivity index (χ1n) is 10.1. The van der Waals surface area contributed by atoms with Crippen LogP contribution in [0.15, 0.2) is 60.7 Å². The highest BCUT2D eigenvalue weighted by Crippen LogP contribution is 2.37. The summed E-state index contributed by atoms with van der Waals surface area (Å²) in [6.45, 7) is 0.443. The summed E-state index contributed by atoms with van der Waals surface area (Å²) in [6, 6.07) is 14.2. The van der Waals surface area contributed by atoms with Gasteiger partial charge in [-0.25, -0.2) is 4.79 Å². The number of hydrogen-bond acceptors (Lipinski definition) is 5. The van der Waals surface area contributed by atoms with Gasteiger partial charge >= 0.3 is 12.1 Å². The molecular formula is C24H17ClF3N3O3S. The lowest BCUT2D eigenvalue weighted by atomic mass is 10.0. The van der Waals surface area contributed by atoms with E-state index in [2.05, 4.69) is 9.82 Å². The van der Waals surface area contributed by atoms with Crippen LogP contribution in [0.2, 0.25) is 5.02 Å². The number of aromatic nitrogens is 2. The number of hydrogen-bond donors (Lipinski definition) is 2. The molecule has 0 atom stereocenters. The fraction of sp³-hybridized carbons (Fsp3) is 0.125. The van der Waals surface area contributed by atoms with Crippen LogP contribution in [0.25, 0.3) is 22.2 Å². The van der Waals surface area contributed by atoms with Crippen LogP contribution in [0.5, 0.6) is 0 Å². The van der Waals surface area contributed by atoms with E-state index in [1.54, 1.807) is 12.1 Å². The van der Waals surface area contributed by atoms with Crippen LogP contribution in [0.3, 0.4) is 0 Å². The van der Waals surface area contributed by atoms with Gasteiger partial charge in [0.25, 0.3) is 5.91 Å². The number of benzene rings is 3. The third-order valence-electron chi connectivity index (χ3n) is 5.30. The van der Waals surface area contributed by atoms with E-state index in [1.807, 2.05) is 12.3 Å². The van der Waals surface area contributed by atoms with Gasteiger partial charge in [0, 0.05) is 17.5 Å². The van der Waals surface area contributed by atoms with Crippen molar-refractivity contribution in [2.45, 2.75) is 12.7 Å². The number of carbonyl (C=O) groups is 2. The largest absolute Gasteiger partial charge is 0.478 e. The second kappa shape index (κ2) is 9.73. The standard InChI is InChI=1S/C24H17ClF3N3O3S/c1-35-29-12-13-5-10-16-19(11-13)31(30-21(16)14-6-8-15(9-7-14)23(33)34)22(32)20-17(24(26,27)28)3-2-4-18(20)25/h2-11,29H,12H2,1H3,(H,33,34). The summed E-state index contributed by atoms with van der Waals surface area (Å²) >= 11 is 7.46. The molecule has 0 amide bonds. The Morgan fingerprint density at radius 1 is 1.11 bits per heavy atom. The summed E-state index contributed by atoms with van der Waals surface area (Å²) in [5.41, 5.74) is 0.0825. The van der Waals surface area contributed by atoms with Gasteiger partial charge in [0.15, 0.2) is 0 Å². The molecule has 1 aromatic heterocycles. The van der Waals surface area contributed by atoms with Gasteiger partial charge in [0.1, 0.15) is 5.69 Å². The first-order valence-corrected chi connectivity index (χ1v) is 11.7. The number of rotatable bonds is 6. The zero-order valence-corrected chi connectivity index (χ0v) is 19.6. The summed E-state index contributed by atoms with van der Waals surface area (Å²) in [5.74, 6) is -2.14. The molecule has 2 N–H and O–H groups in total. The molecule has 0 aliphatic rings. The maximum absolute atomic E-state index is 13.7. The molecule has 0 bridgehead atoms. The fourth-order valence-corrected chi connectivity index (χ4v) is 4.21. The second-order valence-electron chi connectivity index (χ2n) is 7.48. The Morgan fingerprint density at radius 2 is 1.83 bits per heavy atom. The van der Waals surface area contributed by atoms with E-state index < -0.39 is 29.2 Å². The number of carbonyl (C=O) groups excluding carboxylic acids is 1. The predicted molar refractivity (Wildman–Crippen MR) is 129 cm³/mol. The van der Waals surface area contributed by atoms with Crippen molar-refractivity contribution in [2.75, 3.05) is 6.26 Å². The number of nitrogens with zero attached hydrogens (tertiary/aromatic N) is 2. The zero-order valence-electron chi connectivity index (χ0n) is 18.1. The first kappa shape index (κ1) is 24.8.